The minimum atomic E-state index is 0.545. The summed E-state index contributed by atoms with van der Waals surface area (Å²) in [6, 6.07) is 8.96. The number of nitrogens with one attached hydrogen (secondary N) is 1. The second-order valence-electron chi connectivity index (χ2n) is 5.84. The SMILES string of the molecule is CC(C)CCC(C)NCc1nn(C)c2ccccc12. The van der Waals surface area contributed by atoms with Crippen LogP contribution in [0.4, 0.5) is 0 Å². The van der Waals surface area contributed by atoms with E-state index in [1.807, 2.05) is 11.7 Å². The van der Waals surface area contributed by atoms with Gasteiger partial charge >= 0.3 is 0 Å². The lowest BCUT2D eigenvalue weighted by Crippen LogP contribution is -2.26. The Bertz CT molecular complexity index is 528. The van der Waals surface area contributed by atoms with E-state index in [4.69, 9.17) is 0 Å². The maximum Gasteiger partial charge on any atom is 0.0841 e. The zero-order valence-electron chi connectivity index (χ0n) is 12.5. The largest absolute Gasteiger partial charge is 0.309 e. The van der Waals surface area contributed by atoms with Gasteiger partial charge in [-0.2, -0.15) is 5.10 Å². The van der Waals surface area contributed by atoms with E-state index in [-0.39, 0.29) is 0 Å². The van der Waals surface area contributed by atoms with Gasteiger partial charge in [0.05, 0.1) is 11.2 Å². The molecule has 3 nitrogen and oxygen atoms in total. The average molecular weight is 259 g/mol. The summed E-state index contributed by atoms with van der Waals surface area (Å²) in [7, 11) is 2.01. The van der Waals surface area contributed by atoms with E-state index in [0.29, 0.717) is 6.04 Å². The Hall–Kier alpha value is -1.35. The van der Waals surface area contributed by atoms with Crippen molar-refractivity contribution in [2.75, 3.05) is 0 Å². The predicted molar refractivity (Wildman–Crippen MR) is 81.1 cm³/mol. The van der Waals surface area contributed by atoms with Gasteiger partial charge in [0.25, 0.3) is 0 Å². The third-order valence-corrected chi connectivity index (χ3v) is 3.63. The van der Waals surface area contributed by atoms with E-state index < -0.39 is 0 Å². The highest BCUT2D eigenvalue weighted by molar-refractivity contribution is 5.81. The van der Waals surface area contributed by atoms with Crippen molar-refractivity contribution in [3.05, 3.63) is 30.0 Å². The Morgan fingerprint density at radius 3 is 2.63 bits per heavy atom. The summed E-state index contributed by atoms with van der Waals surface area (Å²) in [6.45, 7) is 7.66. The number of hydrogen-bond donors (Lipinski definition) is 1. The van der Waals surface area contributed by atoms with Crippen LogP contribution in [0, 0.1) is 5.92 Å². The first kappa shape index (κ1) is 14.1. The number of aromatic nitrogens is 2. The molecule has 1 aromatic heterocycles. The molecule has 0 aliphatic carbocycles. The molecular formula is C16H25N3. The highest BCUT2D eigenvalue weighted by Gasteiger charge is 2.09. The fourth-order valence-electron chi connectivity index (χ4n) is 2.38. The van der Waals surface area contributed by atoms with Gasteiger partial charge in [-0.15, -0.1) is 0 Å². The maximum atomic E-state index is 4.61. The zero-order chi connectivity index (χ0) is 13.8. The van der Waals surface area contributed by atoms with Crippen LogP contribution in [0.2, 0.25) is 0 Å². The smallest absolute Gasteiger partial charge is 0.0841 e. The van der Waals surface area contributed by atoms with E-state index in [1.54, 1.807) is 0 Å². The summed E-state index contributed by atoms with van der Waals surface area (Å²) in [4.78, 5) is 0. The summed E-state index contributed by atoms with van der Waals surface area (Å²) in [5, 5.41) is 9.45. The van der Waals surface area contributed by atoms with Crippen LogP contribution in [0.1, 0.15) is 39.3 Å². The Morgan fingerprint density at radius 1 is 1.16 bits per heavy atom. The van der Waals surface area contributed by atoms with Crippen LogP contribution < -0.4 is 5.32 Å². The molecule has 0 amide bonds. The van der Waals surface area contributed by atoms with Crippen LogP contribution in [0.5, 0.6) is 0 Å². The van der Waals surface area contributed by atoms with E-state index in [9.17, 15) is 0 Å². The number of nitrogens with zero attached hydrogens (tertiary/aromatic N) is 2. The molecule has 19 heavy (non-hydrogen) atoms. The standard InChI is InChI=1S/C16H25N3/c1-12(2)9-10-13(3)17-11-15-14-7-5-6-8-16(14)19(4)18-15/h5-8,12-13,17H,9-11H2,1-4H3. The summed E-state index contributed by atoms with van der Waals surface area (Å²) < 4.78 is 1.96. The molecule has 1 aromatic carbocycles. The molecule has 1 N–H and O–H groups in total. The van der Waals surface area contributed by atoms with Gasteiger partial charge in [0.15, 0.2) is 0 Å². The van der Waals surface area contributed by atoms with Gasteiger partial charge in [0, 0.05) is 25.0 Å². The molecule has 0 saturated heterocycles. The van der Waals surface area contributed by atoms with Crippen molar-refractivity contribution in [3.8, 4) is 0 Å². The van der Waals surface area contributed by atoms with E-state index in [2.05, 4.69) is 55.5 Å². The topological polar surface area (TPSA) is 29.9 Å². The number of hydrogen-bond acceptors (Lipinski definition) is 2. The third kappa shape index (κ3) is 3.57. The van der Waals surface area contributed by atoms with Crippen molar-refractivity contribution >= 4 is 10.9 Å². The predicted octanol–water partition coefficient (Wildman–Crippen LogP) is 3.49. The minimum Gasteiger partial charge on any atom is -0.309 e. The summed E-state index contributed by atoms with van der Waals surface area (Å²) in [5.41, 5.74) is 2.35. The molecule has 1 atom stereocenters. The Labute approximate surface area is 116 Å². The average Bonchev–Trinajstić information content (AvgIpc) is 2.71. The van der Waals surface area contributed by atoms with Crippen molar-refractivity contribution in [1.29, 1.82) is 0 Å². The first-order chi connectivity index (χ1) is 9.08. The molecule has 104 valence electrons. The first-order valence-electron chi connectivity index (χ1n) is 7.22. The molecule has 1 unspecified atom stereocenters. The van der Waals surface area contributed by atoms with Crippen LogP contribution in [0.25, 0.3) is 10.9 Å². The summed E-state index contributed by atoms with van der Waals surface area (Å²) in [6.07, 6.45) is 2.50. The zero-order valence-corrected chi connectivity index (χ0v) is 12.5. The van der Waals surface area contributed by atoms with Crippen LogP contribution >= 0.6 is 0 Å². The fourth-order valence-corrected chi connectivity index (χ4v) is 2.38. The number of rotatable bonds is 6. The monoisotopic (exact) mass is 259 g/mol. The lowest BCUT2D eigenvalue weighted by Gasteiger charge is -2.14. The molecule has 0 aliphatic heterocycles. The van der Waals surface area contributed by atoms with Gasteiger partial charge in [-0.3, -0.25) is 4.68 Å². The first-order valence-corrected chi connectivity index (χ1v) is 7.22. The van der Waals surface area contributed by atoms with Gasteiger partial charge in [-0.25, -0.2) is 0 Å². The van der Waals surface area contributed by atoms with Crippen LogP contribution in [0.3, 0.4) is 0 Å². The Balaban J connectivity index is 1.98. The highest BCUT2D eigenvalue weighted by atomic mass is 15.3. The van der Waals surface area contributed by atoms with Gasteiger partial charge in [0.1, 0.15) is 0 Å². The number of fused-ring (bicyclic) bond motifs is 1. The number of aryl methyl sites for hydroxylation is 1. The van der Waals surface area contributed by atoms with Crippen molar-refractivity contribution in [3.63, 3.8) is 0 Å². The van der Waals surface area contributed by atoms with Crippen LogP contribution in [-0.2, 0) is 13.6 Å². The normalized spacial score (nSPS) is 13.3. The molecule has 2 aromatic rings. The van der Waals surface area contributed by atoms with E-state index in [1.165, 1.54) is 23.7 Å². The van der Waals surface area contributed by atoms with Crippen LogP contribution in [0.15, 0.2) is 24.3 Å². The van der Waals surface area contributed by atoms with Crippen LogP contribution in [-0.4, -0.2) is 15.8 Å². The molecule has 0 fully saturated rings. The quantitative estimate of drug-likeness (QED) is 0.860. The molecule has 2 rings (SSSR count). The van der Waals surface area contributed by atoms with Gasteiger partial charge in [0.2, 0.25) is 0 Å². The summed E-state index contributed by atoms with van der Waals surface area (Å²) >= 11 is 0. The van der Waals surface area contributed by atoms with Crippen molar-refractivity contribution < 1.29 is 0 Å². The molecule has 0 radical (unpaired) electrons. The second kappa shape index (κ2) is 6.20. The van der Waals surface area contributed by atoms with Gasteiger partial charge in [-0.05, 0) is 31.7 Å². The maximum absolute atomic E-state index is 4.61. The van der Waals surface area contributed by atoms with Gasteiger partial charge < -0.3 is 5.32 Å². The third-order valence-electron chi connectivity index (χ3n) is 3.63. The van der Waals surface area contributed by atoms with E-state index in [0.717, 1.165) is 18.2 Å². The molecule has 1 heterocycles. The highest BCUT2D eigenvalue weighted by Crippen LogP contribution is 2.17. The molecule has 0 saturated carbocycles. The van der Waals surface area contributed by atoms with Crippen molar-refractivity contribution in [1.82, 2.24) is 15.1 Å². The number of para-hydroxylation sites is 1. The van der Waals surface area contributed by atoms with Crippen molar-refractivity contribution in [2.24, 2.45) is 13.0 Å². The minimum absolute atomic E-state index is 0.545. The Kier molecular flexibility index (Phi) is 4.59. The second-order valence-corrected chi connectivity index (χ2v) is 5.84. The molecule has 0 spiro atoms. The van der Waals surface area contributed by atoms with E-state index >= 15 is 0 Å². The number of benzene rings is 1. The molecule has 0 bridgehead atoms. The van der Waals surface area contributed by atoms with Gasteiger partial charge in [-0.1, -0.05) is 32.0 Å². The van der Waals surface area contributed by atoms with Crippen molar-refractivity contribution in [2.45, 2.75) is 46.2 Å². The molecule has 3 heteroatoms. The molecular weight excluding hydrogens is 234 g/mol. The molecule has 0 aliphatic rings. The lowest BCUT2D eigenvalue weighted by molar-refractivity contribution is 0.448. The summed E-state index contributed by atoms with van der Waals surface area (Å²) in [5.74, 6) is 0.778. The fraction of sp³-hybridized carbons (Fsp3) is 0.562. The lowest BCUT2D eigenvalue weighted by atomic mass is 10.0. The Morgan fingerprint density at radius 2 is 1.89 bits per heavy atom.